The molecule has 1 heterocycles. The van der Waals surface area contributed by atoms with E-state index in [1.807, 2.05) is 30.3 Å². The SMILES string of the molecule is Cc1ccc(Oc2ccnc(Cl)n2)c2ccccc12. The van der Waals surface area contributed by atoms with E-state index in [-0.39, 0.29) is 5.28 Å². The number of benzene rings is 2. The number of fused-ring (bicyclic) bond motifs is 1. The molecular weight excluding hydrogens is 260 g/mol. The maximum Gasteiger partial charge on any atom is 0.225 e. The Labute approximate surface area is 115 Å². The number of halogens is 1. The predicted molar refractivity (Wildman–Crippen MR) is 75.8 cm³/mol. The Balaban J connectivity index is 2.09. The van der Waals surface area contributed by atoms with Crippen molar-refractivity contribution in [1.29, 1.82) is 0 Å². The lowest BCUT2D eigenvalue weighted by atomic mass is 10.1. The minimum Gasteiger partial charge on any atom is -0.438 e. The minimum atomic E-state index is 0.175. The zero-order valence-electron chi connectivity index (χ0n) is 10.3. The zero-order valence-corrected chi connectivity index (χ0v) is 11.1. The number of ether oxygens (including phenoxy) is 1. The van der Waals surface area contributed by atoms with Crippen molar-refractivity contribution >= 4 is 22.4 Å². The van der Waals surface area contributed by atoms with E-state index < -0.39 is 0 Å². The average Bonchev–Trinajstić information content (AvgIpc) is 2.42. The van der Waals surface area contributed by atoms with Gasteiger partial charge < -0.3 is 4.74 Å². The first-order valence-electron chi connectivity index (χ1n) is 5.89. The number of aromatic nitrogens is 2. The van der Waals surface area contributed by atoms with E-state index in [4.69, 9.17) is 16.3 Å². The van der Waals surface area contributed by atoms with E-state index in [2.05, 4.69) is 23.0 Å². The van der Waals surface area contributed by atoms with Gasteiger partial charge in [0.1, 0.15) is 5.75 Å². The normalized spacial score (nSPS) is 10.6. The Morgan fingerprint density at radius 2 is 1.79 bits per heavy atom. The number of rotatable bonds is 2. The summed E-state index contributed by atoms with van der Waals surface area (Å²) in [6, 6.07) is 13.8. The molecule has 0 bridgehead atoms. The van der Waals surface area contributed by atoms with Gasteiger partial charge in [-0.05, 0) is 35.5 Å². The highest BCUT2D eigenvalue weighted by atomic mass is 35.5. The molecule has 0 unspecified atom stereocenters. The second-order valence-electron chi connectivity index (χ2n) is 4.19. The van der Waals surface area contributed by atoms with Crippen LogP contribution in [0.3, 0.4) is 0 Å². The summed E-state index contributed by atoms with van der Waals surface area (Å²) in [4.78, 5) is 7.86. The van der Waals surface area contributed by atoms with Gasteiger partial charge in [0.05, 0.1) is 0 Å². The molecule has 1 aromatic heterocycles. The van der Waals surface area contributed by atoms with Crippen LogP contribution in [0, 0.1) is 6.92 Å². The second-order valence-corrected chi connectivity index (χ2v) is 4.53. The molecule has 0 aliphatic rings. The molecule has 4 heteroatoms. The molecule has 0 radical (unpaired) electrons. The van der Waals surface area contributed by atoms with Crippen LogP contribution in [-0.2, 0) is 0 Å². The maximum atomic E-state index is 5.79. The number of aryl methyl sites for hydroxylation is 1. The Morgan fingerprint density at radius 1 is 1.00 bits per heavy atom. The van der Waals surface area contributed by atoms with E-state index in [9.17, 15) is 0 Å². The van der Waals surface area contributed by atoms with Crippen LogP contribution in [0.5, 0.6) is 11.6 Å². The van der Waals surface area contributed by atoms with Gasteiger partial charge in [0.25, 0.3) is 0 Å². The van der Waals surface area contributed by atoms with Gasteiger partial charge in [-0.2, -0.15) is 4.98 Å². The summed E-state index contributed by atoms with van der Waals surface area (Å²) in [5.74, 6) is 1.20. The van der Waals surface area contributed by atoms with Gasteiger partial charge in [-0.3, -0.25) is 0 Å². The highest BCUT2D eigenvalue weighted by molar-refractivity contribution is 6.28. The van der Waals surface area contributed by atoms with Crippen molar-refractivity contribution in [1.82, 2.24) is 9.97 Å². The van der Waals surface area contributed by atoms with Crippen LogP contribution in [0.25, 0.3) is 10.8 Å². The van der Waals surface area contributed by atoms with E-state index in [1.165, 1.54) is 10.9 Å². The van der Waals surface area contributed by atoms with Crippen LogP contribution in [0.4, 0.5) is 0 Å². The van der Waals surface area contributed by atoms with Crippen LogP contribution in [-0.4, -0.2) is 9.97 Å². The molecule has 2 aromatic carbocycles. The molecule has 0 atom stereocenters. The number of nitrogens with zero attached hydrogens (tertiary/aromatic N) is 2. The standard InChI is InChI=1S/C15H11ClN2O/c1-10-6-7-13(12-5-3-2-4-11(10)12)19-14-8-9-17-15(16)18-14/h2-9H,1H3. The summed E-state index contributed by atoms with van der Waals surface area (Å²) in [6.45, 7) is 2.08. The van der Waals surface area contributed by atoms with E-state index in [1.54, 1.807) is 12.3 Å². The Kier molecular flexibility index (Phi) is 3.05. The molecule has 3 nitrogen and oxygen atoms in total. The average molecular weight is 271 g/mol. The third-order valence-corrected chi connectivity index (χ3v) is 3.10. The van der Waals surface area contributed by atoms with Crippen molar-refractivity contribution < 1.29 is 4.74 Å². The Morgan fingerprint density at radius 3 is 2.58 bits per heavy atom. The third kappa shape index (κ3) is 2.37. The zero-order chi connectivity index (χ0) is 13.2. The largest absolute Gasteiger partial charge is 0.438 e. The third-order valence-electron chi connectivity index (χ3n) is 2.92. The topological polar surface area (TPSA) is 35.0 Å². The molecule has 3 rings (SSSR count). The number of hydrogen-bond acceptors (Lipinski definition) is 3. The first-order chi connectivity index (χ1) is 9.24. The smallest absolute Gasteiger partial charge is 0.225 e. The lowest BCUT2D eigenvalue weighted by Gasteiger charge is -2.09. The first-order valence-corrected chi connectivity index (χ1v) is 6.26. The monoisotopic (exact) mass is 270 g/mol. The van der Waals surface area contributed by atoms with Crippen LogP contribution in [0.15, 0.2) is 48.7 Å². The van der Waals surface area contributed by atoms with Gasteiger partial charge in [0, 0.05) is 17.6 Å². The predicted octanol–water partition coefficient (Wildman–Crippen LogP) is 4.38. The van der Waals surface area contributed by atoms with Gasteiger partial charge in [-0.1, -0.05) is 30.3 Å². The van der Waals surface area contributed by atoms with Crippen molar-refractivity contribution in [2.45, 2.75) is 6.92 Å². The van der Waals surface area contributed by atoms with Gasteiger partial charge in [-0.15, -0.1) is 0 Å². The molecule has 0 N–H and O–H groups in total. The van der Waals surface area contributed by atoms with Crippen LogP contribution in [0.2, 0.25) is 5.28 Å². The first kappa shape index (κ1) is 11.9. The van der Waals surface area contributed by atoms with Crippen LogP contribution in [0.1, 0.15) is 5.56 Å². The van der Waals surface area contributed by atoms with Gasteiger partial charge in [0.2, 0.25) is 11.2 Å². The summed E-state index contributed by atoms with van der Waals surface area (Å²) in [6.07, 6.45) is 1.57. The molecule has 0 aliphatic carbocycles. The highest BCUT2D eigenvalue weighted by Gasteiger charge is 2.06. The van der Waals surface area contributed by atoms with Crippen LogP contribution < -0.4 is 4.74 Å². The molecule has 0 spiro atoms. The summed E-state index contributed by atoms with van der Waals surface area (Å²) >= 11 is 5.75. The van der Waals surface area contributed by atoms with Gasteiger partial charge in [0.15, 0.2) is 0 Å². The summed E-state index contributed by atoms with van der Waals surface area (Å²) in [7, 11) is 0. The molecule has 94 valence electrons. The fourth-order valence-corrected chi connectivity index (χ4v) is 2.14. The van der Waals surface area contributed by atoms with E-state index >= 15 is 0 Å². The molecule has 0 aliphatic heterocycles. The minimum absolute atomic E-state index is 0.175. The van der Waals surface area contributed by atoms with E-state index in [0.29, 0.717) is 5.88 Å². The summed E-state index contributed by atoms with van der Waals surface area (Å²) in [5.41, 5.74) is 1.21. The lowest BCUT2D eigenvalue weighted by molar-refractivity contribution is 0.467. The Hall–Kier alpha value is -2.13. The molecule has 0 saturated carbocycles. The Bertz CT molecular complexity index is 743. The van der Waals surface area contributed by atoms with Crippen molar-refractivity contribution in [3.63, 3.8) is 0 Å². The summed E-state index contributed by atoms with van der Waals surface area (Å²) in [5, 5.41) is 2.39. The van der Waals surface area contributed by atoms with Crippen LogP contribution >= 0.6 is 11.6 Å². The number of hydrogen-bond donors (Lipinski definition) is 0. The fraction of sp³-hybridized carbons (Fsp3) is 0.0667. The second kappa shape index (κ2) is 4.86. The quantitative estimate of drug-likeness (QED) is 0.648. The molecule has 0 amide bonds. The van der Waals surface area contributed by atoms with Gasteiger partial charge in [-0.25, -0.2) is 4.98 Å². The lowest BCUT2D eigenvalue weighted by Crippen LogP contribution is -1.91. The highest BCUT2D eigenvalue weighted by Crippen LogP contribution is 2.31. The van der Waals surface area contributed by atoms with Gasteiger partial charge >= 0.3 is 0 Å². The van der Waals surface area contributed by atoms with Crippen molar-refractivity contribution in [2.24, 2.45) is 0 Å². The van der Waals surface area contributed by atoms with Crippen molar-refractivity contribution in [3.05, 3.63) is 59.5 Å². The summed E-state index contributed by atoms with van der Waals surface area (Å²) < 4.78 is 5.79. The van der Waals surface area contributed by atoms with Crippen molar-refractivity contribution in [2.75, 3.05) is 0 Å². The molecule has 0 saturated heterocycles. The molecule has 19 heavy (non-hydrogen) atoms. The fourth-order valence-electron chi connectivity index (χ4n) is 2.00. The maximum absolute atomic E-state index is 5.79. The molecular formula is C15H11ClN2O. The molecule has 0 fully saturated rings. The van der Waals surface area contributed by atoms with Crippen molar-refractivity contribution in [3.8, 4) is 11.6 Å². The van der Waals surface area contributed by atoms with E-state index in [0.717, 1.165) is 11.1 Å². The molecule has 3 aromatic rings.